The van der Waals surface area contributed by atoms with Crippen molar-refractivity contribution in [1.29, 1.82) is 5.26 Å². The molecular formula is C16H21ClN4. The number of nitriles is 1. The van der Waals surface area contributed by atoms with E-state index in [2.05, 4.69) is 41.3 Å². The summed E-state index contributed by atoms with van der Waals surface area (Å²) in [6, 6.07) is 8.18. The molecule has 2 aromatic rings. The third kappa shape index (κ3) is 3.04. The van der Waals surface area contributed by atoms with Crippen LogP contribution in [0.15, 0.2) is 18.2 Å². The quantitative estimate of drug-likeness (QED) is 0.767. The number of alkyl halides is 1. The molecule has 2 rings (SSSR count). The van der Waals surface area contributed by atoms with Crippen molar-refractivity contribution in [2.45, 2.75) is 32.7 Å². The van der Waals surface area contributed by atoms with E-state index in [-0.39, 0.29) is 6.04 Å². The molecule has 4 nitrogen and oxygen atoms in total. The van der Waals surface area contributed by atoms with E-state index in [0.29, 0.717) is 11.4 Å². The summed E-state index contributed by atoms with van der Waals surface area (Å²) in [5.41, 5.74) is 2.35. The lowest BCUT2D eigenvalue weighted by atomic mass is 10.2. The van der Waals surface area contributed by atoms with Crippen LogP contribution in [-0.4, -0.2) is 34.1 Å². The molecule has 1 unspecified atom stereocenters. The van der Waals surface area contributed by atoms with Crippen molar-refractivity contribution in [3.05, 3.63) is 29.6 Å². The van der Waals surface area contributed by atoms with Gasteiger partial charge in [0.15, 0.2) is 0 Å². The lowest BCUT2D eigenvalue weighted by Gasteiger charge is -2.25. The van der Waals surface area contributed by atoms with E-state index < -0.39 is 0 Å². The van der Waals surface area contributed by atoms with Crippen LogP contribution in [-0.2, 0) is 5.88 Å². The van der Waals surface area contributed by atoms with E-state index in [1.807, 2.05) is 12.1 Å². The smallest absolute Gasteiger partial charge is 0.125 e. The normalized spacial score (nSPS) is 12.8. The molecule has 0 aliphatic rings. The van der Waals surface area contributed by atoms with Gasteiger partial charge in [0.25, 0.3) is 0 Å². The molecular weight excluding hydrogens is 284 g/mol. The maximum absolute atomic E-state index is 9.23. The zero-order valence-corrected chi connectivity index (χ0v) is 13.6. The van der Waals surface area contributed by atoms with Crippen LogP contribution in [0.2, 0.25) is 0 Å². The molecule has 0 saturated carbocycles. The zero-order chi connectivity index (χ0) is 15.4. The van der Waals surface area contributed by atoms with Crippen molar-refractivity contribution in [1.82, 2.24) is 14.5 Å². The van der Waals surface area contributed by atoms with Crippen LogP contribution in [0.3, 0.4) is 0 Å². The number of imidazole rings is 1. The van der Waals surface area contributed by atoms with Crippen LogP contribution in [0.1, 0.15) is 38.2 Å². The summed E-state index contributed by atoms with van der Waals surface area (Å²) in [6.45, 7) is 9.49. The summed E-state index contributed by atoms with van der Waals surface area (Å²) in [7, 11) is 0. The van der Waals surface area contributed by atoms with Gasteiger partial charge < -0.3 is 9.47 Å². The van der Waals surface area contributed by atoms with Gasteiger partial charge in [0, 0.05) is 12.6 Å². The molecule has 0 fully saturated rings. The summed E-state index contributed by atoms with van der Waals surface area (Å²) in [5, 5.41) is 9.23. The van der Waals surface area contributed by atoms with Gasteiger partial charge in [-0.2, -0.15) is 5.26 Å². The molecule has 5 heteroatoms. The van der Waals surface area contributed by atoms with Crippen molar-refractivity contribution in [2.75, 3.05) is 19.6 Å². The molecule has 0 aliphatic carbocycles. The number of hydrogen-bond donors (Lipinski definition) is 0. The number of halogens is 1. The molecule has 21 heavy (non-hydrogen) atoms. The van der Waals surface area contributed by atoms with Gasteiger partial charge in [-0.1, -0.05) is 19.9 Å². The van der Waals surface area contributed by atoms with E-state index in [4.69, 9.17) is 11.6 Å². The minimum Gasteiger partial charge on any atom is -0.323 e. The van der Waals surface area contributed by atoms with Gasteiger partial charge >= 0.3 is 0 Å². The summed E-state index contributed by atoms with van der Waals surface area (Å²) < 4.78 is 2.17. The minimum absolute atomic E-state index is 0.262. The Morgan fingerprint density at radius 1 is 1.38 bits per heavy atom. The zero-order valence-electron chi connectivity index (χ0n) is 12.8. The minimum atomic E-state index is 0.262. The lowest BCUT2D eigenvalue weighted by molar-refractivity contribution is 0.261. The summed E-state index contributed by atoms with van der Waals surface area (Å²) >= 11 is 6.07. The first-order chi connectivity index (χ1) is 10.2. The second-order valence-corrected chi connectivity index (χ2v) is 5.42. The number of hydrogen-bond acceptors (Lipinski definition) is 3. The number of fused-ring (bicyclic) bond motifs is 1. The Hall–Kier alpha value is -1.57. The second kappa shape index (κ2) is 6.93. The number of para-hydroxylation sites is 1. The van der Waals surface area contributed by atoms with Crippen LogP contribution < -0.4 is 0 Å². The molecule has 0 saturated heterocycles. The van der Waals surface area contributed by atoms with Crippen molar-refractivity contribution in [2.24, 2.45) is 0 Å². The van der Waals surface area contributed by atoms with Crippen LogP contribution >= 0.6 is 11.6 Å². The lowest BCUT2D eigenvalue weighted by Crippen LogP contribution is -2.30. The van der Waals surface area contributed by atoms with Crippen LogP contribution in [0, 0.1) is 11.3 Å². The fourth-order valence-electron chi connectivity index (χ4n) is 2.78. The Morgan fingerprint density at radius 2 is 2.10 bits per heavy atom. The molecule has 0 N–H and O–H groups in total. The molecule has 112 valence electrons. The molecule has 0 amide bonds. The number of likely N-dealkylation sites (N-methyl/N-ethyl adjacent to an activating group) is 1. The highest BCUT2D eigenvalue weighted by Crippen LogP contribution is 2.25. The Bertz CT molecular complexity index is 652. The molecule has 1 aromatic heterocycles. The van der Waals surface area contributed by atoms with E-state index in [9.17, 15) is 5.26 Å². The number of aromatic nitrogens is 2. The highest BCUT2D eigenvalue weighted by atomic mass is 35.5. The fourth-order valence-corrected chi connectivity index (χ4v) is 2.97. The molecule has 1 heterocycles. The predicted octanol–water partition coefficient (Wildman–Crippen LogP) is 3.55. The number of benzene rings is 1. The Morgan fingerprint density at radius 3 is 2.67 bits per heavy atom. The van der Waals surface area contributed by atoms with Crippen molar-refractivity contribution in [3.8, 4) is 6.07 Å². The van der Waals surface area contributed by atoms with Gasteiger partial charge in [0.05, 0.1) is 17.0 Å². The maximum atomic E-state index is 9.23. The van der Waals surface area contributed by atoms with E-state index >= 15 is 0 Å². The van der Waals surface area contributed by atoms with Gasteiger partial charge in [-0.05, 0) is 32.1 Å². The molecule has 0 radical (unpaired) electrons. The molecule has 0 spiro atoms. The van der Waals surface area contributed by atoms with E-state index in [1.165, 1.54) is 0 Å². The number of nitrogens with zero attached hydrogens (tertiary/aromatic N) is 4. The third-order valence-electron chi connectivity index (χ3n) is 3.89. The highest BCUT2D eigenvalue weighted by molar-refractivity contribution is 6.16. The second-order valence-electron chi connectivity index (χ2n) is 5.15. The Labute approximate surface area is 130 Å². The van der Waals surface area contributed by atoms with Crippen molar-refractivity contribution < 1.29 is 0 Å². The molecule has 0 bridgehead atoms. The first-order valence-electron chi connectivity index (χ1n) is 7.34. The van der Waals surface area contributed by atoms with Gasteiger partial charge in [-0.25, -0.2) is 4.98 Å². The monoisotopic (exact) mass is 304 g/mol. The summed E-state index contributed by atoms with van der Waals surface area (Å²) in [6.07, 6.45) is 0. The van der Waals surface area contributed by atoms with Gasteiger partial charge in [0.2, 0.25) is 0 Å². The van der Waals surface area contributed by atoms with E-state index in [0.717, 1.165) is 36.5 Å². The summed E-state index contributed by atoms with van der Waals surface area (Å²) in [5.74, 6) is 1.18. The average Bonchev–Trinajstić information content (AvgIpc) is 2.90. The first kappa shape index (κ1) is 15.8. The third-order valence-corrected chi connectivity index (χ3v) is 4.13. The van der Waals surface area contributed by atoms with Crippen LogP contribution in [0.4, 0.5) is 0 Å². The topological polar surface area (TPSA) is 44.9 Å². The standard InChI is InChI=1S/C16H21ClN4/c1-4-20(5-2)11-12(3)21-14-8-6-7-13(10-18)16(14)19-15(21)9-17/h6-8,12H,4-5,9,11H2,1-3H3. The van der Waals surface area contributed by atoms with Crippen LogP contribution in [0.25, 0.3) is 11.0 Å². The van der Waals surface area contributed by atoms with Crippen molar-refractivity contribution >= 4 is 22.6 Å². The Balaban J connectivity index is 2.49. The van der Waals surface area contributed by atoms with Crippen molar-refractivity contribution in [3.63, 3.8) is 0 Å². The van der Waals surface area contributed by atoms with Gasteiger partial charge in [0.1, 0.15) is 17.4 Å². The van der Waals surface area contributed by atoms with Gasteiger partial charge in [-0.3, -0.25) is 0 Å². The molecule has 1 atom stereocenters. The Kier molecular flexibility index (Phi) is 5.22. The highest BCUT2D eigenvalue weighted by Gasteiger charge is 2.18. The number of rotatable bonds is 6. The molecule has 1 aromatic carbocycles. The van der Waals surface area contributed by atoms with E-state index in [1.54, 1.807) is 6.07 Å². The summed E-state index contributed by atoms with van der Waals surface area (Å²) in [4.78, 5) is 6.95. The molecule has 0 aliphatic heterocycles. The fraction of sp³-hybridized carbons (Fsp3) is 0.500. The average molecular weight is 305 g/mol. The van der Waals surface area contributed by atoms with Crippen LogP contribution in [0.5, 0.6) is 0 Å². The van der Waals surface area contributed by atoms with Gasteiger partial charge in [-0.15, -0.1) is 11.6 Å². The largest absolute Gasteiger partial charge is 0.323 e. The maximum Gasteiger partial charge on any atom is 0.125 e. The SMILES string of the molecule is CCN(CC)CC(C)n1c(CCl)nc2c(C#N)cccc21. The predicted molar refractivity (Wildman–Crippen MR) is 86.5 cm³/mol. The first-order valence-corrected chi connectivity index (χ1v) is 7.87.